The Morgan fingerprint density at radius 2 is 2.07 bits per heavy atom. The molecule has 0 atom stereocenters. The van der Waals surface area contributed by atoms with Crippen molar-refractivity contribution in [3.8, 4) is 5.75 Å². The van der Waals surface area contributed by atoms with Crippen LogP contribution in [0.3, 0.4) is 0 Å². The van der Waals surface area contributed by atoms with E-state index < -0.39 is 10.8 Å². The summed E-state index contributed by atoms with van der Waals surface area (Å²) in [7, 11) is 0. The van der Waals surface area contributed by atoms with Gasteiger partial charge in [-0.1, -0.05) is 41.5 Å². The molecule has 3 aromatic rings. The second kappa shape index (κ2) is 8.72. The van der Waals surface area contributed by atoms with Crippen molar-refractivity contribution >= 4 is 56.3 Å². The Kier molecular flexibility index (Phi) is 6.33. The van der Waals surface area contributed by atoms with Gasteiger partial charge in [0, 0.05) is 23.7 Å². The second-order valence-corrected chi connectivity index (χ2v) is 7.67. The van der Waals surface area contributed by atoms with Crippen LogP contribution in [-0.4, -0.2) is 22.0 Å². The predicted octanol–water partition coefficient (Wildman–Crippen LogP) is 4.83. The average molecular weight is 440 g/mol. The number of non-ortho nitro benzene ring substituents is 1. The number of hydrogen-bond acceptors (Lipinski definition) is 5. The van der Waals surface area contributed by atoms with Gasteiger partial charge in [0.1, 0.15) is 5.75 Å². The number of benzene rings is 2. The molecule has 28 heavy (non-hydrogen) atoms. The van der Waals surface area contributed by atoms with Crippen LogP contribution in [0.2, 0.25) is 10.0 Å². The number of fused-ring (bicyclic) bond motifs is 1. The number of rotatable bonds is 6. The van der Waals surface area contributed by atoms with Gasteiger partial charge < -0.3 is 9.30 Å². The van der Waals surface area contributed by atoms with Gasteiger partial charge in [0.15, 0.2) is 11.4 Å². The maximum absolute atomic E-state index is 12.3. The van der Waals surface area contributed by atoms with E-state index in [4.69, 9.17) is 27.9 Å². The molecule has 0 radical (unpaired) electrons. The zero-order valence-electron chi connectivity index (χ0n) is 14.7. The molecular weight excluding hydrogens is 425 g/mol. The van der Waals surface area contributed by atoms with Gasteiger partial charge in [-0.2, -0.15) is 4.99 Å². The number of carbonyl (C=O) groups is 1. The van der Waals surface area contributed by atoms with Crippen LogP contribution in [-0.2, 0) is 11.3 Å². The Balaban J connectivity index is 1.89. The summed E-state index contributed by atoms with van der Waals surface area (Å²) >= 11 is 13.1. The van der Waals surface area contributed by atoms with E-state index in [-0.39, 0.29) is 12.3 Å². The largest absolute Gasteiger partial charge is 0.482 e. The molecule has 0 unspecified atom stereocenters. The molecule has 0 bridgehead atoms. The first-order valence-corrected chi connectivity index (χ1v) is 9.89. The summed E-state index contributed by atoms with van der Waals surface area (Å²) < 4.78 is 7.98. The summed E-state index contributed by atoms with van der Waals surface area (Å²) in [6.07, 6.45) is 0.821. The molecule has 1 aromatic heterocycles. The molecule has 0 aliphatic rings. The number of carbonyl (C=O) groups excluding carboxylic acids is 1. The average Bonchev–Trinajstić information content (AvgIpc) is 2.97. The lowest BCUT2D eigenvalue weighted by atomic mass is 10.3. The van der Waals surface area contributed by atoms with Crippen LogP contribution in [0, 0.1) is 10.1 Å². The van der Waals surface area contributed by atoms with E-state index in [9.17, 15) is 14.9 Å². The Morgan fingerprint density at radius 3 is 2.75 bits per heavy atom. The molecule has 0 N–H and O–H groups in total. The number of thiazole rings is 1. The van der Waals surface area contributed by atoms with Crippen molar-refractivity contribution < 1.29 is 14.5 Å². The minimum atomic E-state index is -0.489. The number of ether oxygens (including phenoxy) is 1. The van der Waals surface area contributed by atoms with Crippen molar-refractivity contribution in [2.24, 2.45) is 4.99 Å². The SMILES string of the molecule is CCCn1c(=NC(=O)COc2ccc(Cl)cc2Cl)sc2cc([N+](=O)[O-])ccc21. The fourth-order valence-corrected chi connectivity index (χ4v) is 4.14. The number of halogens is 2. The van der Waals surface area contributed by atoms with Crippen molar-refractivity contribution in [3.05, 3.63) is 61.4 Å². The standard InChI is InChI=1S/C18H15Cl2N3O4S/c1-2-7-22-14-5-4-12(23(25)26)9-16(14)28-18(22)21-17(24)10-27-15-6-3-11(19)8-13(15)20/h3-6,8-9H,2,7,10H2,1H3. The third kappa shape index (κ3) is 4.52. The molecule has 0 fully saturated rings. The normalized spacial score (nSPS) is 11.8. The number of nitro benzene ring substituents is 1. The summed E-state index contributed by atoms with van der Waals surface area (Å²) in [5.41, 5.74) is 0.793. The molecule has 10 heteroatoms. The van der Waals surface area contributed by atoms with E-state index >= 15 is 0 Å². The van der Waals surface area contributed by atoms with Gasteiger partial charge in [0.25, 0.3) is 11.6 Å². The first kappa shape index (κ1) is 20.3. The van der Waals surface area contributed by atoms with Crippen molar-refractivity contribution in [1.82, 2.24) is 4.57 Å². The summed E-state index contributed by atoms with van der Waals surface area (Å²) in [5, 5.41) is 11.8. The first-order valence-electron chi connectivity index (χ1n) is 8.32. The van der Waals surface area contributed by atoms with Crippen molar-refractivity contribution in [1.29, 1.82) is 0 Å². The molecule has 0 saturated carbocycles. The molecule has 0 spiro atoms. The van der Waals surface area contributed by atoms with Crippen LogP contribution < -0.4 is 9.54 Å². The van der Waals surface area contributed by atoms with E-state index in [2.05, 4.69) is 4.99 Å². The van der Waals surface area contributed by atoms with Gasteiger partial charge in [-0.15, -0.1) is 0 Å². The highest BCUT2D eigenvalue weighted by atomic mass is 35.5. The van der Waals surface area contributed by atoms with E-state index in [0.29, 0.717) is 31.8 Å². The minimum absolute atomic E-state index is 0.00371. The molecule has 2 aromatic carbocycles. The van der Waals surface area contributed by atoms with E-state index in [1.165, 1.54) is 29.5 Å². The molecule has 146 valence electrons. The monoisotopic (exact) mass is 439 g/mol. The molecule has 1 amide bonds. The minimum Gasteiger partial charge on any atom is -0.482 e. The van der Waals surface area contributed by atoms with Crippen LogP contribution in [0.15, 0.2) is 41.4 Å². The first-order chi connectivity index (χ1) is 13.4. The molecule has 0 aliphatic heterocycles. The third-order valence-corrected chi connectivity index (χ3v) is 5.36. The number of amides is 1. The van der Waals surface area contributed by atoms with Crippen LogP contribution in [0.25, 0.3) is 10.2 Å². The lowest BCUT2D eigenvalue weighted by molar-refractivity contribution is -0.384. The van der Waals surface area contributed by atoms with Crippen LogP contribution in [0.5, 0.6) is 5.75 Å². The fourth-order valence-electron chi connectivity index (χ4n) is 2.57. The lowest BCUT2D eigenvalue weighted by Crippen LogP contribution is -2.19. The molecule has 0 aliphatic carbocycles. The van der Waals surface area contributed by atoms with Gasteiger partial charge in [-0.25, -0.2) is 0 Å². The third-order valence-electron chi connectivity index (χ3n) is 3.79. The summed E-state index contributed by atoms with van der Waals surface area (Å²) in [5.74, 6) is -0.153. The smallest absolute Gasteiger partial charge is 0.286 e. The second-order valence-electron chi connectivity index (χ2n) is 5.81. The van der Waals surface area contributed by atoms with E-state index in [0.717, 1.165) is 11.9 Å². The Labute approximate surface area is 173 Å². The summed E-state index contributed by atoms with van der Waals surface area (Å²) in [6.45, 7) is 2.34. The van der Waals surface area contributed by atoms with Gasteiger partial charge in [-0.05, 0) is 30.7 Å². The molecule has 7 nitrogen and oxygen atoms in total. The predicted molar refractivity (Wildman–Crippen MR) is 109 cm³/mol. The van der Waals surface area contributed by atoms with Gasteiger partial charge >= 0.3 is 0 Å². The molecular formula is C18H15Cl2N3O4S. The van der Waals surface area contributed by atoms with Crippen molar-refractivity contribution in [2.75, 3.05) is 6.61 Å². The number of nitrogens with zero attached hydrogens (tertiary/aromatic N) is 3. The van der Waals surface area contributed by atoms with Crippen molar-refractivity contribution in [3.63, 3.8) is 0 Å². The number of aryl methyl sites for hydroxylation is 1. The number of nitro groups is 1. The number of aromatic nitrogens is 1. The number of hydrogen-bond donors (Lipinski definition) is 0. The van der Waals surface area contributed by atoms with Gasteiger partial charge in [0.2, 0.25) is 0 Å². The highest BCUT2D eigenvalue weighted by Crippen LogP contribution is 2.27. The highest BCUT2D eigenvalue weighted by molar-refractivity contribution is 7.16. The van der Waals surface area contributed by atoms with Crippen LogP contribution in [0.1, 0.15) is 13.3 Å². The van der Waals surface area contributed by atoms with Crippen LogP contribution >= 0.6 is 34.5 Å². The van der Waals surface area contributed by atoms with Gasteiger partial charge in [0.05, 0.1) is 20.2 Å². The Hall–Kier alpha value is -2.42. The quantitative estimate of drug-likeness (QED) is 0.406. The summed E-state index contributed by atoms with van der Waals surface area (Å²) in [4.78, 5) is 27.4. The van der Waals surface area contributed by atoms with Gasteiger partial charge in [-0.3, -0.25) is 14.9 Å². The Morgan fingerprint density at radius 1 is 1.29 bits per heavy atom. The lowest BCUT2D eigenvalue weighted by Gasteiger charge is -2.06. The molecule has 0 saturated heterocycles. The van der Waals surface area contributed by atoms with Crippen LogP contribution in [0.4, 0.5) is 5.69 Å². The topological polar surface area (TPSA) is 86.7 Å². The summed E-state index contributed by atoms with van der Waals surface area (Å²) in [6, 6.07) is 9.31. The zero-order chi connectivity index (χ0) is 20.3. The Bertz CT molecular complexity index is 1120. The van der Waals surface area contributed by atoms with E-state index in [1.54, 1.807) is 18.2 Å². The van der Waals surface area contributed by atoms with E-state index in [1.807, 2.05) is 11.5 Å². The zero-order valence-corrected chi connectivity index (χ0v) is 17.1. The maximum atomic E-state index is 12.3. The van der Waals surface area contributed by atoms with Crippen molar-refractivity contribution in [2.45, 2.75) is 19.9 Å². The molecule has 3 rings (SSSR count). The fraction of sp³-hybridized carbons (Fsp3) is 0.222. The molecule has 1 heterocycles. The highest BCUT2D eigenvalue weighted by Gasteiger charge is 2.13. The maximum Gasteiger partial charge on any atom is 0.286 e.